The van der Waals surface area contributed by atoms with E-state index in [0.717, 1.165) is 50.1 Å². The van der Waals surface area contributed by atoms with Crippen molar-refractivity contribution in [2.24, 2.45) is 5.92 Å². The summed E-state index contributed by atoms with van der Waals surface area (Å²) in [5.74, 6) is -3.43. The van der Waals surface area contributed by atoms with Crippen LogP contribution in [0.25, 0.3) is 22.3 Å². The molecule has 5 aromatic rings. The van der Waals surface area contributed by atoms with E-state index in [2.05, 4.69) is 31.9 Å². The monoisotopic (exact) mass is 848 g/mol. The maximum absolute atomic E-state index is 15.3. The number of carbonyl (C=O) groups excluding carboxylic acids is 6. The van der Waals surface area contributed by atoms with Gasteiger partial charge in [0, 0.05) is 25.8 Å². The van der Waals surface area contributed by atoms with Crippen molar-refractivity contribution < 1.29 is 33.5 Å². The Bertz CT molecular complexity index is 2470. The van der Waals surface area contributed by atoms with Gasteiger partial charge in [-0.05, 0) is 69.0 Å². The van der Waals surface area contributed by atoms with Crippen molar-refractivity contribution in [1.82, 2.24) is 31.9 Å². The largest absolute Gasteiger partial charge is 0.445 e. The summed E-state index contributed by atoms with van der Waals surface area (Å²) in [6.45, 7) is 4.69. The molecule has 5 aromatic carbocycles. The molecule has 13 nitrogen and oxygen atoms in total. The molecule has 63 heavy (non-hydrogen) atoms. The van der Waals surface area contributed by atoms with Crippen LogP contribution in [-0.2, 0) is 61.1 Å². The molecule has 6 amide bonds. The minimum atomic E-state index is -1.67. The summed E-state index contributed by atoms with van der Waals surface area (Å²) in [6, 6.07) is 36.1. The molecular weight excluding hydrogens is 797 g/mol. The van der Waals surface area contributed by atoms with Gasteiger partial charge in [0.1, 0.15) is 30.3 Å². The Morgan fingerprint density at radius 3 is 1.90 bits per heavy atom. The van der Waals surface area contributed by atoms with Crippen molar-refractivity contribution in [3.8, 4) is 22.3 Å². The first kappa shape index (κ1) is 43.8. The molecule has 6 N–H and O–H groups in total. The first-order valence-electron chi connectivity index (χ1n) is 21.2. The minimum absolute atomic E-state index is 0.000130. The smallest absolute Gasteiger partial charge is 0.408 e. The third-order valence-corrected chi connectivity index (χ3v) is 11.5. The number of alkyl carbamates (subject to hydrolysis) is 1. The zero-order chi connectivity index (χ0) is 44.5. The van der Waals surface area contributed by atoms with Gasteiger partial charge >= 0.3 is 6.09 Å². The van der Waals surface area contributed by atoms with Crippen LogP contribution in [0.1, 0.15) is 48.6 Å². The van der Waals surface area contributed by atoms with Gasteiger partial charge in [-0.3, -0.25) is 24.0 Å². The van der Waals surface area contributed by atoms with Crippen LogP contribution in [0.15, 0.2) is 127 Å². The summed E-state index contributed by atoms with van der Waals surface area (Å²) in [5.41, 5.74) is 5.38. The molecule has 13 heteroatoms. The first-order chi connectivity index (χ1) is 30.4. The molecule has 0 aromatic heterocycles. The van der Waals surface area contributed by atoms with Crippen LogP contribution < -0.4 is 31.9 Å². The molecule has 324 valence electrons. The lowest BCUT2D eigenvalue weighted by Gasteiger charge is -2.32. The average molecular weight is 849 g/mol. The zero-order valence-corrected chi connectivity index (χ0v) is 35.5. The number of rotatable bonds is 8. The van der Waals surface area contributed by atoms with Crippen LogP contribution in [-0.4, -0.2) is 65.8 Å². The van der Waals surface area contributed by atoms with Crippen molar-refractivity contribution in [1.29, 1.82) is 0 Å². The predicted molar refractivity (Wildman–Crippen MR) is 239 cm³/mol. The van der Waals surface area contributed by atoms with E-state index in [1.54, 1.807) is 13.8 Å². The SMILES string of the molecule is CC(C)C1NC(=O)C2(NC(=O)OCc3ccccc3)Cc3c(-c4ccccc4)cc(c(-c4ccccc4)c3C2)CNC(=O)CNC(=O)[C@H](C)NC(=O)C(Cc2ccccc2)NC1=O. The van der Waals surface area contributed by atoms with Gasteiger partial charge in [-0.1, -0.05) is 135 Å². The van der Waals surface area contributed by atoms with E-state index in [1.165, 1.54) is 6.92 Å². The number of hydrogen-bond acceptors (Lipinski definition) is 7. The summed E-state index contributed by atoms with van der Waals surface area (Å²) in [6.07, 6.45) is -0.720. The second-order valence-electron chi connectivity index (χ2n) is 16.4. The molecule has 0 radical (unpaired) electrons. The number of ether oxygens (including phenoxy) is 1. The van der Waals surface area contributed by atoms with Crippen molar-refractivity contribution in [2.45, 2.75) is 76.8 Å². The van der Waals surface area contributed by atoms with E-state index in [1.807, 2.05) is 127 Å². The van der Waals surface area contributed by atoms with Crippen molar-refractivity contribution >= 4 is 35.6 Å². The Hall–Kier alpha value is -7.28. The lowest BCUT2D eigenvalue weighted by atomic mass is 9.86. The Morgan fingerprint density at radius 1 is 0.683 bits per heavy atom. The van der Waals surface area contributed by atoms with E-state index in [9.17, 15) is 24.0 Å². The Balaban J connectivity index is 1.35. The van der Waals surface area contributed by atoms with E-state index >= 15 is 4.79 Å². The fraction of sp³-hybridized carbons (Fsp3) is 0.280. The van der Waals surface area contributed by atoms with Crippen LogP contribution in [0, 0.1) is 5.92 Å². The molecule has 1 heterocycles. The summed E-state index contributed by atoms with van der Waals surface area (Å²) in [5, 5.41) is 17.1. The lowest BCUT2D eigenvalue weighted by Crippen LogP contribution is -2.64. The van der Waals surface area contributed by atoms with Gasteiger partial charge in [0.15, 0.2) is 0 Å². The van der Waals surface area contributed by atoms with Crippen LogP contribution >= 0.6 is 0 Å². The predicted octanol–water partition coefficient (Wildman–Crippen LogP) is 4.90. The number of amides is 6. The van der Waals surface area contributed by atoms with Crippen LogP contribution in [0.2, 0.25) is 0 Å². The topological polar surface area (TPSA) is 184 Å². The molecule has 0 fully saturated rings. The minimum Gasteiger partial charge on any atom is -0.445 e. The third kappa shape index (κ3) is 10.4. The highest BCUT2D eigenvalue weighted by Gasteiger charge is 2.49. The molecular formula is C50H52N6O7. The quantitative estimate of drug-likeness (QED) is 0.128. The number of hydrogen-bond donors (Lipinski definition) is 6. The van der Waals surface area contributed by atoms with Crippen molar-refractivity contribution in [2.75, 3.05) is 6.54 Å². The number of nitrogens with one attached hydrogen (secondary N) is 6. The van der Waals surface area contributed by atoms with E-state index in [4.69, 9.17) is 4.74 Å². The number of carbonyl (C=O) groups is 6. The Kier molecular flexibility index (Phi) is 13.6. The van der Waals surface area contributed by atoms with Gasteiger partial charge in [-0.15, -0.1) is 0 Å². The number of benzene rings is 5. The summed E-state index contributed by atoms with van der Waals surface area (Å²) in [4.78, 5) is 84.2. The average Bonchev–Trinajstić information content (AvgIpc) is 3.68. The molecule has 3 bridgehead atoms. The van der Waals surface area contributed by atoms with Crippen LogP contribution in [0.4, 0.5) is 4.79 Å². The van der Waals surface area contributed by atoms with Crippen LogP contribution in [0.5, 0.6) is 0 Å². The first-order valence-corrected chi connectivity index (χ1v) is 21.2. The molecule has 0 spiro atoms. The molecule has 1 aliphatic carbocycles. The zero-order valence-electron chi connectivity index (χ0n) is 35.5. The highest BCUT2D eigenvalue weighted by Crippen LogP contribution is 2.45. The standard InChI is InChI=1S/C50H52N6O7/c1-31(2)44-47(60)54-41(24-33-16-8-4-9-17-33)46(59)53-32(3)45(58)52-29-42(57)51-28-37-25-38(35-20-12-6-13-21-35)39-26-50(48(61)55-44,27-40(39)43(37)36-22-14-7-15-23-36)56-49(62)63-30-34-18-10-5-11-19-34/h4-23,25,31-32,41,44H,24,26-30H2,1-3H3,(H,51,57)(H,52,58)(H,53,59)(H,54,60)(H,55,61)(H,56,62)/t32-,41?,44?,50?/m0/s1. The molecule has 4 atom stereocenters. The summed E-state index contributed by atoms with van der Waals surface area (Å²) < 4.78 is 5.74. The molecule has 7 rings (SSSR count). The molecule has 2 aliphatic rings. The third-order valence-electron chi connectivity index (χ3n) is 11.5. The summed E-state index contributed by atoms with van der Waals surface area (Å²) in [7, 11) is 0. The Morgan fingerprint density at radius 2 is 1.27 bits per heavy atom. The highest BCUT2D eigenvalue weighted by atomic mass is 16.5. The van der Waals surface area contributed by atoms with E-state index < -0.39 is 65.2 Å². The van der Waals surface area contributed by atoms with Gasteiger partial charge in [-0.2, -0.15) is 0 Å². The van der Waals surface area contributed by atoms with E-state index in [0.29, 0.717) is 0 Å². The van der Waals surface area contributed by atoms with Crippen LogP contribution in [0.3, 0.4) is 0 Å². The second kappa shape index (κ2) is 19.6. The normalized spacial score (nSPS) is 20.8. The maximum atomic E-state index is 15.3. The molecule has 1 aliphatic heterocycles. The van der Waals surface area contributed by atoms with Gasteiger partial charge < -0.3 is 36.6 Å². The fourth-order valence-corrected chi connectivity index (χ4v) is 8.23. The Labute approximate surface area is 366 Å². The molecule has 0 saturated heterocycles. The maximum Gasteiger partial charge on any atom is 0.408 e. The van der Waals surface area contributed by atoms with Crippen molar-refractivity contribution in [3.05, 3.63) is 155 Å². The molecule has 3 unspecified atom stereocenters. The lowest BCUT2D eigenvalue weighted by molar-refractivity contribution is -0.135. The second-order valence-corrected chi connectivity index (χ2v) is 16.4. The summed E-state index contributed by atoms with van der Waals surface area (Å²) >= 11 is 0. The van der Waals surface area contributed by atoms with Crippen molar-refractivity contribution in [3.63, 3.8) is 0 Å². The van der Waals surface area contributed by atoms with Gasteiger partial charge in [0.25, 0.3) is 0 Å². The van der Waals surface area contributed by atoms with Gasteiger partial charge in [0.05, 0.1) is 6.54 Å². The van der Waals surface area contributed by atoms with Gasteiger partial charge in [0.2, 0.25) is 29.5 Å². The van der Waals surface area contributed by atoms with E-state index in [-0.39, 0.29) is 39.0 Å². The highest BCUT2D eigenvalue weighted by molar-refractivity contribution is 5.99. The molecule has 0 saturated carbocycles. The van der Waals surface area contributed by atoms with Gasteiger partial charge in [-0.25, -0.2) is 4.79 Å². The number of fused-ring (bicyclic) bond motifs is 2. The fourth-order valence-electron chi connectivity index (χ4n) is 8.23.